The average molecular weight is 342 g/mol. The quantitative estimate of drug-likeness (QED) is 0.912. The summed E-state index contributed by atoms with van der Waals surface area (Å²) in [6.45, 7) is 4.43. The molecule has 0 aromatic carbocycles. The predicted molar refractivity (Wildman–Crippen MR) is 94.1 cm³/mol. The van der Waals surface area contributed by atoms with E-state index < -0.39 is 0 Å². The number of nitrogens with one attached hydrogen (secondary N) is 1. The van der Waals surface area contributed by atoms with E-state index in [9.17, 15) is 4.79 Å². The smallest absolute Gasteiger partial charge is 0.264 e. The molecule has 1 atom stereocenters. The Hall–Kier alpha value is -1.79. The minimum Gasteiger partial charge on any atom is -0.333 e. The molecule has 6 heteroatoms. The molecule has 1 amide bonds. The zero-order chi connectivity index (χ0) is 16.5. The third-order valence-electron chi connectivity index (χ3n) is 4.81. The van der Waals surface area contributed by atoms with E-state index in [1.807, 2.05) is 30.2 Å². The second kappa shape index (κ2) is 6.61. The van der Waals surface area contributed by atoms with Crippen molar-refractivity contribution in [1.29, 1.82) is 0 Å². The van der Waals surface area contributed by atoms with Crippen molar-refractivity contribution in [2.75, 3.05) is 13.1 Å². The van der Waals surface area contributed by atoms with Crippen LogP contribution in [0.25, 0.3) is 0 Å². The number of amides is 1. The summed E-state index contributed by atoms with van der Waals surface area (Å²) >= 11 is 1.56. The standard InChI is InChI=1S/C18H22N4OS/c1-12-5-6-16(24-12)18(23)22-9-7-14-13(11-22)10-20-17(21-14)15-4-2-3-8-19-15/h5-6,10,15,19H,2-4,7-9,11H2,1H3. The van der Waals surface area contributed by atoms with Crippen molar-refractivity contribution < 1.29 is 4.79 Å². The Balaban J connectivity index is 1.50. The van der Waals surface area contributed by atoms with E-state index in [0.717, 1.165) is 47.9 Å². The molecule has 0 radical (unpaired) electrons. The molecule has 4 rings (SSSR count). The molecule has 1 unspecified atom stereocenters. The molecular formula is C18H22N4OS. The molecule has 0 saturated carbocycles. The Labute approximate surface area is 146 Å². The molecule has 24 heavy (non-hydrogen) atoms. The summed E-state index contributed by atoms with van der Waals surface area (Å²) < 4.78 is 0. The molecule has 2 aliphatic rings. The topological polar surface area (TPSA) is 58.1 Å². The maximum atomic E-state index is 12.6. The summed E-state index contributed by atoms with van der Waals surface area (Å²) in [6.07, 6.45) is 6.32. The van der Waals surface area contributed by atoms with Crippen molar-refractivity contribution in [2.45, 2.75) is 45.2 Å². The summed E-state index contributed by atoms with van der Waals surface area (Å²) in [7, 11) is 0. The maximum Gasteiger partial charge on any atom is 0.264 e. The van der Waals surface area contributed by atoms with E-state index in [1.54, 1.807) is 11.3 Å². The second-order valence-corrected chi connectivity index (χ2v) is 7.88. The molecule has 1 fully saturated rings. The molecule has 5 nitrogen and oxygen atoms in total. The van der Waals surface area contributed by atoms with Gasteiger partial charge in [0.05, 0.1) is 16.6 Å². The fourth-order valence-electron chi connectivity index (χ4n) is 3.45. The third kappa shape index (κ3) is 3.08. The first kappa shape index (κ1) is 15.7. The van der Waals surface area contributed by atoms with Crippen molar-refractivity contribution in [3.05, 3.63) is 45.2 Å². The first-order chi connectivity index (χ1) is 11.7. The molecule has 2 aliphatic heterocycles. The van der Waals surface area contributed by atoms with Gasteiger partial charge in [0.15, 0.2) is 0 Å². The number of hydrogen-bond donors (Lipinski definition) is 1. The van der Waals surface area contributed by atoms with Crippen molar-refractivity contribution in [3.63, 3.8) is 0 Å². The molecule has 2 aromatic rings. The van der Waals surface area contributed by atoms with Crippen LogP contribution in [-0.4, -0.2) is 33.9 Å². The number of carbonyl (C=O) groups excluding carboxylic acids is 1. The van der Waals surface area contributed by atoms with Gasteiger partial charge in [0.2, 0.25) is 0 Å². The van der Waals surface area contributed by atoms with Gasteiger partial charge in [0.1, 0.15) is 5.82 Å². The van der Waals surface area contributed by atoms with E-state index in [4.69, 9.17) is 4.98 Å². The monoisotopic (exact) mass is 342 g/mol. The molecule has 1 saturated heterocycles. The summed E-state index contributed by atoms with van der Waals surface area (Å²) in [5, 5.41) is 3.50. The van der Waals surface area contributed by atoms with Crippen molar-refractivity contribution in [1.82, 2.24) is 20.2 Å². The SMILES string of the molecule is Cc1ccc(C(=O)N2CCc3nc(C4CCCCN4)ncc3C2)s1. The number of nitrogens with zero attached hydrogens (tertiary/aromatic N) is 3. The van der Waals surface area contributed by atoms with E-state index in [2.05, 4.69) is 10.3 Å². The van der Waals surface area contributed by atoms with Crippen LogP contribution in [0.2, 0.25) is 0 Å². The van der Waals surface area contributed by atoms with Crippen molar-refractivity contribution >= 4 is 17.2 Å². The van der Waals surface area contributed by atoms with Gasteiger partial charge >= 0.3 is 0 Å². The molecule has 0 aliphatic carbocycles. The third-order valence-corrected chi connectivity index (χ3v) is 5.80. The lowest BCUT2D eigenvalue weighted by Crippen LogP contribution is -2.36. The fourth-order valence-corrected chi connectivity index (χ4v) is 4.29. The Morgan fingerprint density at radius 3 is 3.04 bits per heavy atom. The van der Waals surface area contributed by atoms with Gasteiger partial charge < -0.3 is 10.2 Å². The normalized spacial score (nSPS) is 20.7. The van der Waals surface area contributed by atoms with Gasteiger partial charge in [0, 0.05) is 36.1 Å². The van der Waals surface area contributed by atoms with Crippen LogP contribution in [0.3, 0.4) is 0 Å². The molecule has 0 spiro atoms. The largest absolute Gasteiger partial charge is 0.333 e. The van der Waals surface area contributed by atoms with E-state index >= 15 is 0 Å². The van der Waals surface area contributed by atoms with Crippen LogP contribution < -0.4 is 5.32 Å². The highest BCUT2D eigenvalue weighted by molar-refractivity contribution is 7.13. The first-order valence-electron chi connectivity index (χ1n) is 8.64. The molecule has 0 bridgehead atoms. The number of piperidine rings is 1. The highest BCUT2D eigenvalue weighted by Gasteiger charge is 2.25. The average Bonchev–Trinajstić information content (AvgIpc) is 3.07. The number of aryl methyl sites for hydroxylation is 1. The zero-order valence-electron chi connectivity index (χ0n) is 13.9. The van der Waals surface area contributed by atoms with Crippen LogP contribution in [-0.2, 0) is 13.0 Å². The molecule has 2 aromatic heterocycles. The Bertz CT molecular complexity index is 751. The molecule has 4 heterocycles. The van der Waals surface area contributed by atoms with Gasteiger partial charge in [-0.3, -0.25) is 4.79 Å². The summed E-state index contributed by atoms with van der Waals surface area (Å²) in [4.78, 5) is 25.9. The Morgan fingerprint density at radius 1 is 1.38 bits per heavy atom. The van der Waals surface area contributed by atoms with E-state index in [-0.39, 0.29) is 11.9 Å². The highest BCUT2D eigenvalue weighted by atomic mass is 32.1. The fraction of sp³-hybridized carbons (Fsp3) is 0.500. The van der Waals surface area contributed by atoms with Crippen LogP contribution in [0.1, 0.15) is 56.9 Å². The van der Waals surface area contributed by atoms with Crippen molar-refractivity contribution in [3.8, 4) is 0 Å². The van der Waals surface area contributed by atoms with Crippen LogP contribution in [0.5, 0.6) is 0 Å². The number of aromatic nitrogens is 2. The van der Waals surface area contributed by atoms with Gasteiger partial charge in [-0.15, -0.1) is 11.3 Å². The van der Waals surface area contributed by atoms with E-state index in [1.165, 1.54) is 17.7 Å². The van der Waals surface area contributed by atoms with Gasteiger partial charge in [-0.1, -0.05) is 6.42 Å². The number of fused-ring (bicyclic) bond motifs is 1. The van der Waals surface area contributed by atoms with Crippen LogP contribution in [0.4, 0.5) is 0 Å². The minimum absolute atomic E-state index is 0.122. The summed E-state index contributed by atoms with van der Waals surface area (Å²) in [5.74, 6) is 1.04. The second-order valence-electron chi connectivity index (χ2n) is 6.59. The lowest BCUT2D eigenvalue weighted by Gasteiger charge is -2.29. The molecule has 126 valence electrons. The maximum absolute atomic E-state index is 12.6. The van der Waals surface area contributed by atoms with Gasteiger partial charge in [-0.25, -0.2) is 9.97 Å². The Kier molecular flexibility index (Phi) is 4.33. The zero-order valence-corrected chi connectivity index (χ0v) is 14.7. The first-order valence-corrected chi connectivity index (χ1v) is 9.46. The Morgan fingerprint density at radius 2 is 2.29 bits per heavy atom. The number of carbonyl (C=O) groups is 1. The lowest BCUT2D eigenvalue weighted by atomic mass is 10.0. The number of hydrogen-bond acceptors (Lipinski definition) is 5. The van der Waals surface area contributed by atoms with Gasteiger partial charge in [-0.2, -0.15) is 0 Å². The lowest BCUT2D eigenvalue weighted by molar-refractivity contribution is 0.0738. The van der Waals surface area contributed by atoms with Gasteiger partial charge in [0.25, 0.3) is 5.91 Å². The predicted octanol–water partition coefficient (Wildman–Crippen LogP) is 2.86. The summed E-state index contributed by atoms with van der Waals surface area (Å²) in [6, 6.07) is 4.21. The van der Waals surface area contributed by atoms with Crippen molar-refractivity contribution in [2.24, 2.45) is 0 Å². The van der Waals surface area contributed by atoms with Gasteiger partial charge in [-0.05, 0) is 38.4 Å². The van der Waals surface area contributed by atoms with Crippen LogP contribution >= 0.6 is 11.3 Å². The van der Waals surface area contributed by atoms with E-state index in [0.29, 0.717) is 6.54 Å². The molecular weight excluding hydrogens is 320 g/mol. The van der Waals surface area contributed by atoms with Crippen LogP contribution in [0.15, 0.2) is 18.3 Å². The number of rotatable bonds is 2. The highest BCUT2D eigenvalue weighted by Crippen LogP contribution is 2.25. The summed E-state index contributed by atoms with van der Waals surface area (Å²) in [5.41, 5.74) is 2.20. The minimum atomic E-state index is 0.122. The number of thiophene rings is 1. The van der Waals surface area contributed by atoms with Crippen LogP contribution in [0, 0.1) is 6.92 Å². The molecule has 1 N–H and O–H groups in total.